The zero-order valence-electron chi connectivity index (χ0n) is 13.1. The van der Waals surface area contributed by atoms with Crippen molar-refractivity contribution in [3.8, 4) is 0 Å². The second-order valence-electron chi connectivity index (χ2n) is 7.09. The van der Waals surface area contributed by atoms with Gasteiger partial charge in [-0.25, -0.2) is 8.42 Å². The molecule has 4 fully saturated rings. The zero-order chi connectivity index (χ0) is 16.4. The van der Waals surface area contributed by atoms with Crippen molar-refractivity contribution in [3.05, 3.63) is 0 Å². The predicted octanol–water partition coefficient (Wildman–Crippen LogP) is 2.28. The Morgan fingerprint density at radius 3 is 2.65 bits per heavy atom. The van der Waals surface area contributed by atoms with Crippen molar-refractivity contribution in [2.45, 2.75) is 84.2 Å². The summed E-state index contributed by atoms with van der Waals surface area (Å²) in [5.74, 6) is -0.285. The third-order valence-corrected chi connectivity index (χ3v) is 10.3. The van der Waals surface area contributed by atoms with Crippen LogP contribution in [0.1, 0.15) is 45.4 Å². The number of esters is 1. The van der Waals surface area contributed by atoms with E-state index in [1.54, 1.807) is 23.0 Å². The summed E-state index contributed by atoms with van der Waals surface area (Å²) in [5.41, 5.74) is 0. The van der Waals surface area contributed by atoms with Crippen LogP contribution in [0.15, 0.2) is 0 Å². The van der Waals surface area contributed by atoms with Gasteiger partial charge in [-0.05, 0) is 26.2 Å². The highest BCUT2D eigenvalue weighted by molar-refractivity contribution is 9.10. The van der Waals surface area contributed by atoms with Gasteiger partial charge in [0.1, 0.15) is 10.9 Å². The van der Waals surface area contributed by atoms with Crippen LogP contribution in [-0.4, -0.2) is 57.5 Å². The van der Waals surface area contributed by atoms with Crippen LogP contribution in [0.4, 0.5) is 0 Å². The lowest BCUT2D eigenvalue weighted by Gasteiger charge is -2.36. The number of alkyl halides is 1. The first-order chi connectivity index (χ1) is 10.9. The molecule has 23 heavy (non-hydrogen) atoms. The fraction of sp³-hybridized carbons (Fsp3) is 0.933. The number of sulfonamides is 1. The van der Waals surface area contributed by atoms with Gasteiger partial charge in [-0.15, -0.1) is 11.8 Å². The maximum Gasteiger partial charge on any atom is 0.319 e. The molecule has 4 aliphatic rings. The van der Waals surface area contributed by atoms with Crippen molar-refractivity contribution in [2.75, 3.05) is 0 Å². The molecule has 6 atom stereocenters. The number of ether oxygens (including phenoxy) is 1. The Morgan fingerprint density at radius 2 is 2.00 bits per heavy atom. The van der Waals surface area contributed by atoms with Crippen LogP contribution in [0.25, 0.3) is 0 Å². The van der Waals surface area contributed by atoms with Gasteiger partial charge in [-0.3, -0.25) is 4.79 Å². The summed E-state index contributed by atoms with van der Waals surface area (Å²) in [6.45, 7) is 1.75. The summed E-state index contributed by atoms with van der Waals surface area (Å²) in [4.78, 5) is 11.7. The Labute approximate surface area is 150 Å². The molecule has 3 aliphatic heterocycles. The molecule has 0 aromatic rings. The number of nitrogens with zero attached hydrogens (tertiary/aromatic N) is 1. The molecule has 2 bridgehead atoms. The smallest absolute Gasteiger partial charge is 0.319 e. The molecule has 5 nitrogen and oxygen atoms in total. The van der Waals surface area contributed by atoms with Gasteiger partial charge in [0.25, 0.3) is 0 Å². The number of carbonyl (C=O) groups is 1. The molecule has 0 aromatic heterocycles. The lowest BCUT2D eigenvalue weighted by molar-refractivity contribution is -0.150. The quantitative estimate of drug-likeness (QED) is 0.514. The molecule has 0 amide bonds. The van der Waals surface area contributed by atoms with Crippen LogP contribution in [0, 0.1) is 0 Å². The van der Waals surface area contributed by atoms with E-state index in [2.05, 4.69) is 15.9 Å². The predicted molar refractivity (Wildman–Crippen MR) is 93.3 cm³/mol. The summed E-state index contributed by atoms with van der Waals surface area (Å²) in [7, 11) is -3.25. The highest BCUT2D eigenvalue weighted by Crippen LogP contribution is 2.58. The average molecular weight is 424 g/mol. The lowest BCUT2D eigenvalue weighted by Crippen LogP contribution is -2.51. The molecule has 1 aliphatic carbocycles. The molecule has 130 valence electrons. The summed E-state index contributed by atoms with van der Waals surface area (Å²) < 4.78 is 33.6. The number of hydrogen-bond donors (Lipinski definition) is 0. The lowest BCUT2D eigenvalue weighted by atomic mass is 9.89. The van der Waals surface area contributed by atoms with Gasteiger partial charge in [0.05, 0.1) is 11.3 Å². The van der Waals surface area contributed by atoms with E-state index >= 15 is 0 Å². The van der Waals surface area contributed by atoms with Crippen molar-refractivity contribution in [1.29, 1.82) is 0 Å². The zero-order valence-corrected chi connectivity index (χ0v) is 16.3. The first-order valence-corrected chi connectivity index (χ1v) is 11.8. The first-order valence-electron chi connectivity index (χ1n) is 8.43. The van der Waals surface area contributed by atoms with E-state index in [1.165, 1.54) is 6.42 Å². The SMILES string of the molecule is CC(Br)C(=O)OC1C2CC3C(S2)C1N(C1CCCCC1)S3(=O)=O. The molecule has 3 heterocycles. The third kappa shape index (κ3) is 2.50. The van der Waals surface area contributed by atoms with Gasteiger partial charge < -0.3 is 4.74 Å². The molecule has 6 unspecified atom stereocenters. The molecule has 0 N–H and O–H groups in total. The number of hydrogen-bond acceptors (Lipinski definition) is 5. The van der Waals surface area contributed by atoms with Crippen molar-refractivity contribution >= 4 is 43.7 Å². The Hall–Kier alpha value is 0.210. The molecule has 0 radical (unpaired) electrons. The fourth-order valence-corrected chi connectivity index (χ4v) is 9.92. The molecular formula is C15H22BrNO4S2. The van der Waals surface area contributed by atoms with Gasteiger partial charge in [0.2, 0.25) is 10.0 Å². The molecule has 0 spiro atoms. The van der Waals surface area contributed by atoms with Crippen molar-refractivity contribution in [3.63, 3.8) is 0 Å². The number of rotatable bonds is 3. The summed E-state index contributed by atoms with van der Waals surface area (Å²) in [6, 6.07) is -0.0432. The largest absolute Gasteiger partial charge is 0.459 e. The van der Waals surface area contributed by atoms with E-state index in [1.807, 2.05) is 0 Å². The standard InChI is InChI=1S/C15H22BrNO4S2/c1-8(16)15(18)21-13-10-7-11-14(22-10)12(13)17(23(11,19)20)9-5-3-2-4-6-9/h8-14H,2-7H2,1H3. The second kappa shape index (κ2) is 5.88. The van der Waals surface area contributed by atoms with Crippen molar-refractivity contribution in [2.24, 2.45) is 0 Å². The Kier molecular flexibility index (Phi) is 4.26. The number of carbonyl (C=O) groups excluding carboxylic acids is 1. The normalized spacial score (nSPS) is 43.7. The van der Waals surface area contributed by atoms with Gasteiger partial charge >= 0.3 is 5.97 Å². The van der Waals surface area contributed by atoms with E-state index in [0.29, 0.717) is 6.42 Å². The summed E-state index contributed by atoms with van der Waals surface area (Å²) in [5, 5.41) is -0.0512. The Balaban J connectivity index is 1.64. The fourth-order valence-electron chi connectivity index (χ4n) is 4.69. The van der Waals surface area contributed by atoms with Crippen LogP contribution in [0.5, 0.6) is 0 Å². The van der Waals surface area contributed by atoms with Crippen LogP contribution in [0.3, 0.4) is 0 Å². The maximum absolute atomic E-state index is 13.0. The van der Waals surface area contributed by atoms with Gasteiger partial charge in [-0.1, -0.05) is 35.2 Å². The van der Waals surface area contributed by atoms with Crippen molar-refractivity contribution < 1.29 is 17.9 Å². The Bertz CT molecular complexity index is 605. The van der Waals surface area contributed by atoms with E-state index in [-0.39, 0.29) is 44.7 Å². The minimum Gasteiger partial charge on any atom is -0.459 e. The van der Waals surface area contributed by atoms with Gasteiger partial charge in [0, 0.05) is 16.5 Å². The number of fused-ring (bicyclic) bond motifs is 1. The van der Waals surface area contributed by atoms with Crippen LogP contribution in [0.2, 0.25) is 0 Å². The average Bonchev–Trinajstić information content (AvgIpc) is 3.11. The number of halogens is 1. The minimum atomic E-state index is -3.25. The van der Waals surface area contributed by atoms with E-state index in [9.17, 15) is 13.2 Å². The molecule has 8 heteroatoms. The van der Waals surface area contributed by atoms with E-state index in [4.69, 9.17) is 4.74 Å². The van der Waals surface area contributed by atoms with E-state index < -0.39 is 10.0 Å². The van der Waals surface area contributed by atoms with Crippen LogP contribution >= 0.6 is 27.7 Å². The molecule has 4 rings (SSSR count). The minimum absolute atomic E-state index is 0.0790. The summed E-state index contributed by atoms with van der Waals surface area (Å²) in [6.07, 6.45) is 5.62. The maximum atomic E-state index is 13.0. The van der Waals surface area contributed by atoms with Gasteiger partial charge in [-0.2, -0.15) is 4.31 Å². The first kappa shape index (κ1) is 16.7. The highest BCUT2D eigenvalue weighted by Gasteiger charge is 2.69. The number of thioether (sulfide) groups is 1. The van der Waals surface area contributed by atoms with Gasteiger partial charge in [0.15, 0.2) is 0 Å². The molecular weight excluding hydrogens is 402 g/mol. The monoisotopic (exact) mass is 423 g/mol. The molecule has 0 aromatic carbocycles. The van der Waals surface area contributed by atoms with Crippen molar-refractivity contribution in [1.82, 2.24) is 4.31 Å². The topological polar surface area (TPSA) is 63.7 Å². The molecule has 3 saturated heterocycles. The third-order valence-electron chi connectivity index (χ3n) is 5.68. The van der Waals surface area contributed by atoms with E-state index in [0.717, 1.165) is 25.7 Å². The highest BCUT2D eigenvalue weighted by atomic mass is 79.9. The second-order valence-corrected chi connectivity index (χ2v) is 11.9. The molecule has 1 saturated carbocycles. The van der Waals surface area contributed by atoms with Crippen LogP contribution in [-0.2, 0) is 19.6 Å². The Morgan fingerprint density at radius 1 is 1.30 bits per heavy atom. The summed E-state index contributed by atoms with van der Waals surface area (Å²) >= 11 is 4.98. The van der Waals surface area contributed by atoms with Crippen LogP contribution < -0.4 is 0 Å².